The van der Waals surface area contributed by atoms with Crippen molar-refractivity contribution in [2.75, 3.05) is 26.8 Å². The first-order valence-corrected chi connectivity index (χ1v) is 7.64. The highest BCUT2D eigenvalue weighted by Crippen LogP contribution is 2.48. The van der Waals surface area contributed by atoms with Crippen molar-refractivity contribution in [3.05, 3.63) is 0 Å². The van der Waals surface area contributed by atoms with Crippen LogP contribution in [0.2, 0.25) is 0 Å². The Balaban J connectivity index is 1.68. The van der Waals surface area contributed by atoms with Gasteiger partial charge < -0.3 is 20.3 Å². The zero-order chi connectivity index (χ0) is 14.6. The van der Waals surface area contributed by atoms with Gasteiger partial charge in [0.2, 0.25) is 0 Å². The molecule has 2 fully saturated rings. The highest BCUT2D eigenvalue weighted by molar-refractivity contribution is 5.70. The quantitative estimate of drug-likeness (QED) is 0.628. The predicted molar refractivity (Wildman–Crippen MR) is 75.6 cm³/mol. The fourth-order valence-corrected chi connectivity index (χ4v) is 3.15. The summed E-state index contributed by atoms with van der Waals surface area (Å²) in [6.45, 7) is 2.31. The van der Waals surface area contributed by atoms with E-state index in [0.29, 0.717) is 37.6 Å². The Hall–Kier alpha value is -0.650. The minimum Gasteiger partial charge on any atom is -0.481 e. The molecule has 0 radical (unpaired) electrons. The molecule has 2 saturated carbocycles. The monoisotopic (exact) mass is 285 g/mol. The molecule has 0 heterocycles. The number of nitrogens with one attached hydrogen (secondary N) is 1. The lowest BCUT2D eigenvalue weighted by Crippen LogP contribution is -2.45. The number of methoxy groups -OCH3 is 1. The third kappa shape index (κ3) is 4.17. The molecule has 0 bridgehead atoms. The summed E-state index contributed by atoms with van der Waals surface area (Å²) >= 11 is 0. The van der Waals surface area contributed by atoms with E-state index >= 15 is 0 Å². The summed E-state index contributed by atoms with van der Waals surface area (Å²) in [5, 5.41) is 22.9. The van der Waals surface area contributed by atoms with E-state index in [2.05, 4.69) is 5.32 Å². The molecule has 5 heteroatoms. The van der Waals surface area contributed by atoms with Gasteiger partial charge in [0.15, 0.2) is 0 Å². The van der Waals surface area contributed by atoms with Gasteiger partial charge in [-0.2, -0.15) is 0 Å². The lowest BCUT2D eigenvalue weighted by Gasteiger charge is -2.35. The SMILES string of the molecule is COCCC1(CNCC2(O)CCC(C(=O)O)CC2)CC1. The van der Waals surface area contributed by atoms with Crippen LogP contribution in [-0.4, -0.2) is 48.6 Å². The number of carboxylic acids is 1. The normalized spacial score (nSPS) is 32.0. The summed E-state index contributed by atoms with van der Waals surface area (Å²) in [7, 11) is 1.73. The standard InChI is InChI=1S/C15H27NO4/c1-20-9-8-14(6-7-14)10-16-11-15(19)4-2-12(3-5-15)13(17)18/h12,16,19H,2-11H2,1H3,(H,17,18). The summed E-state index contributed by atoms with van der Waals surface area (Å²) in [6.07, 6.45) is 5.90. The van der Waals surface area contributed by atoms with Crippen LogP contribution in [-0.2, 0) is 9.53 Å². The fourth-order valence-electron chi connectivity index (χ4n) is 3.15. The average molecular weight is 285 g/mol. The first-order valence-electron chi connectivity index (χ1n) is 7.64. The van der Waals surface area contributed by atoms with Gasteiger partial charge in [0.1, 0.15) is 0 Å². The van der Waals surface area contributed by atoms with Crippen molar-refractivity contribution >= 4 is 5.97 Å². The molecular formula is C15H27NO4. The predicted octanol–water partition coefficient (Wildman–Crippen LogP) is 1.40. The minimum absolute atomic E-state index is 0.272. The third-order valence-corrected chi connectivity index (χ3v) is 5.01. The smallest absolute Gasteiger partial charge is 0.306 e. The number of aliphatic hydroxyl groups is 1. The van der Waals surface area contributed by atoms with Crippen LogP contribution in [0.4, 0.5) is 0 Å². The molecule has 116 valence electrons. The van der Waals surface area contributed by atoms with Crippen molar-refractivity contribution in [3.8, 4) is 0 Å². The van der Waals surface area contributed by atoms with Crippen LogP contribution < -0.4 is 5.32 Å². The van der Waals surface area contributed by atoms with Crippen molar-refractivity contribution < 1.29 is 19.7 Å². The van der Waals surface area contributed by atoms with Gasteiger partial charge in [-0.3, -0.25) is 4.79 Å². The number of ether oxygens (including phenoxy) is 1. The lowest BCUT2D eigenvalue weighted by molar-refractivity contribution is -0.144. The maximum Gasteiger partial charge on any atom is 0.306 e. The van der Waals surface area contributed by atoms with Gasteiger partial charge in [-0.15, -0.1) is 0 Å². The van der Waals surface area contributed by atoms with E-state index in [4.69, 9.17) is 9.84 Å². The first-order chi connectivity index (χ1) is 9.49. The van der Waals surface area contributed by atoms with Gasteiger partial charge in [-0.1, -0.05) is 0 Å². The molecule has 2 aliphatic rings. The summed E-state index contributed by atoms with van der Waals surface area (Å²) in [6, 6.07) is 0. The van der Waals surface area contributed by atoms with Crippen molar-refractivity contribution in [2.45, 2.75) is 50.5 Å². The average Bonchev–Trinajstić information content (AvgIpc) is 3.17. The van der Waals surface area contributed by atoms with E-state index in [-0.39, 0.29) is 5.92 Å². The highest BCUT2D eigenvalue weighted by Gasteiger charge is 2.42. The number of rotatable bonds is 8. The molecule has 2 rings (SSSR count). The van der Waals surface area contributed by atoms with E-state index in [1.165, 1.54) is 12.8 Å². The van der Waals surface area contributed by atoms with Crippen LogP contribution in [0.3, 0.4) is 0 Å². The fraction of sp³-hybridized carbons (Fsp3) is 0.933. The van der Waals surface area contributed by atoms with Gasteiger partial charge in [0.25, 0.3) is 0 Å². The summed E-state index contributed by atoms with van der Waals surface area (Å²) in [4.78, 5) is 10.9. The van der Waals surface area contributed by atoms with Gasteiger partial charge in [0, 0.05) is 26.8 Å². The van der Waals surface area contributed by atoms with Crippen LogP contribution in [0.1, 0.15) is 44.9 Å². The molecular weight excluding hydrogens is 258 g/mol. The Labute approximate surface area is 120 Å². The second-order valence-corrected chi connectivity index (χ2v) is 6.68. The Kier molecular flexibility index (Phi) is 5.04. The highest BCUT2D eigenvalue weighted by atomic mass is 16.5. The Morgan fingerprint density at radius 2 is 1.90 bits per heavy atom. The molecule has 0 aromatic carbocycles. The van der Waals surface area contributed by atoms with E-state index < -0.39 is 11.6 Å². The molecule has 20 heavy (non-hydrogen) atoms. The maximum absolute atomic E-state index is 10.9. The zero-order valence-corrected chi connectivity index (χ0v) is 12.4. The van der Waals surface area contributed by atoms with E-state index in [1.807, 2.05) is 0 Å². The zero-order valence-electron chi connectivity index (χ0n) is 12.4. The van der Waals surface area contributed by atoms with Crippen LogP contribution >= 0.6 is 0 Å². The largest absolute Gasteiger partial charge is 0.481 e. The first kappa shape index (κ1) is 15.7. The van der Waals surface area contributed by atoms with E-state index in [0.717, 1.165) is 19.6 Å². The molecule has 0 aromatic heterocycles. The molecule has 0 atom stereocenters. The summed E-state index contributed by atoms with van der Waals surface area (Å²) in [5.41, 5.74) is -0.339. The maximum atomic E-state index is 10.9. The number of carbonyl (C=O) groups is 1. The molecule has 2 aliphatic carbocycles. The molecule has 0 aliphatic heterocycles. The Morgan fingerprint density at radius 1 is 1.25 bits per heavy atom. The minimum atomic E-state index is -0.725. The number of hydrogen-bond donors (Lipinski definition) is 3. The Bertz CT molecular complexity index is 333. The molecule has 0 saturated heterocycles. The number of aliphatic carboxylic acids is 1. The second kappa shape index (κ2) is 6.41. The molecule has 5 nitrogen and oxygen atoms in total. The molecule has 3 N–H and O–H groups in total. The molecule has 0 spiro atoms. The van der Waals surface area contributed by atoms with Crippen molar-refractivity contribution in [3.63, 3.8) is 0 Å². The summed E-state index contributed by atoms with van der Waals surface area (Å²) < 4.78 is 5.14. The van der Waals surface area contributed by atoms with Crippen molar-refractivity contribution in [2.24, 2.45) is 11.3 Å². The topological polar surface area (TPSA) is 78.8 Å². The van der Waals surface area contributed by atoms with E-state index in [1.54, 1.807) is 7.11 Å². The molecule has 0 aromatic rings. The lowest BCUT2D eigenvalue weighted by atomic mass is 9.78. The van der Waals surface area contributed by atoms with Crippen LogP contribution in [0.25, 0.3) is 0 Å². The van der Waals surface area contributed by atoms with Gasteiger partial charge in [-0.05, 0) is 50.4 Å². The van der Waals surface area contributed by atoms with Crippen LogP contribution in [0.5, 0.6) is 0 Å². The third-order valence-electron chi connectivity index (χ3n) is 5.01. The van der Waals surface area contributed by atoms with E-state index in [9.17, 15) is 9.90 Å². The van der Waals surface area contributed by atoms with Gasteiger partial charge in [-0.25, -0.2) is 0 Å². The second-order valence-electron chi connectivity index (χ2n) is 6.68. The number of hydrogen-bond acceptors (Lipinski definition) is 4. The van der Waals surface area contributed by atoms with Crippen LogP contribution in [0.15, 0.2) is 0 Å². The molecule has 0 amide bonds. The van der Waals surface area contributed by atoms with Crippen LogP contribution in [0, 0.1) is 11.3 Å². The number of carboxylic acid groups (broad SMARTS) is 1. The van der Waals surface area contributed by atoms with Gasteiger partial charge in [0.05, 0.1) is 11.5 Å². The summed E-state index contributed by atoms with van der Waals surface area (Å²) in [5.74, 6) is -0.997. The van der Waals surface area contributed by atoms with Gasteiger partial charge >= 0.3 is 5.97 Å². The molecule has 0 unspecified atom stereocenters. The Morgan fingerprint density at radius 3 is 2.40 bits per heavy atom. The van der Waals surface area contributed by atoms with Crippen molar-refractivity contribution in [1.82, 2.24) is 5.32 Å². The van der Waals surface area contributed by atoms with Crippen molar-refractivity contribution in [1.29, 1.82) is 0 Å².